The predicted molar refractivity (Wildman–Crippen MR) is 43.3 cm³/mol. The van der Waals surface area contributed by atoms with Crippen LogP contribution in [0.25, 0.3) is 0 Å². The Morgan fingerprint density at radius 1 is 1.00 bits per heavy atom. The van der Waals surface area contributed by atoms with Crippen LogP contribution in [0.1, 0.15) is 0 Å². The maximum absolute atomic E-state index is 10.6. The molecule has 0 unspecified atom stereocenters. The van der Waals surface area contributed by atoms with Gasteiger partial charge in [-0.25, -0.2) is 0 Å². The van der Waals surface area contributed by atoms with Crippen LogP contribution in [-0.2, 0) is 9.59 Å². The van der Waals surface area contributed by atoms with E-state index in [1.807, 2.05) is 0 Å². The van der Waals surface area contributed by atoms with Gasteiger partial charge in [0.2, 0.25) is 0 Å². The maximum atomic E-state index is 10.6. The molecule has 0 fully saturated rings. The summed E-state index contributed by atoms with van der Waals surface area (Å²) in [6, 6.07) is 0. The molecule has 0 atom stereocenters. The van der Waals surface area contributed by atoms with Crippen molar-refractivity contribution in [2.24, 2.45) is 0 Å². The molecular weight excluding hydrogens is 172 g/mol. The van der Waals surface area contributed by atoms with Gasteiger partial charge < -0.3 is 0 Å². The Balaban J connectivity index is 3.60. The molecule has 0 rings (SSSR count). The average Bonchev–Trinajstić information content (AvgIpc) is 1.89. The second kappa shape index (κ2) is 5.43. The Morgan fingerprint density at radius 2 is 1.30 bits per heavy atom. The van der Waals surface area contributed by atoms with Gasteiger partial charge in [-0.2, -0.15) is 0 Å². The van der Waals surface area contributed by atoms with E-state index in [1.54, 1.807) is 12.5 Å². The molecule has 0 aromatic rings. The highest BCUT2D eigenvalue weighted by molar-refractivity contribution is 7.97. The molecule has 58 valence electrons. The summed E-state index contributed by atoms with van der Waals surface area (Å²) >= 11 is 2.19. The number of nitrogens with one attached hydrogen (secondary N) is 2. The molecule has 0 aliphatic heterocycles. The first-order valence-electron chi connectivity index (χ1n) is 2.38. The SMILES string of the molecule is CSNC(=O)C(=O)NSC. The van der Waals surface area contributed by atoms with Crippen molar-refractivity contribution in [1.82, 2.24) is 9.44 Å². The van der Waals surface area contributed by atoms with Crippen molar-refractivity contribution >= 4 is 35.7 Å². The number of amides is 2. The van der Waals surface area contributed by atoms with Gasteiger partial charge in [0, 0.05) is 12.5 Å². The summed E-state index contributed by atoms with van der Waals surface area (Å²) in [5.41, 5.74) is 0. The summed E-state index contributed by atoms with van der Waals surface area (Å²) in [6.07, 6.45) is 3.34. The zero-order valence-electron chi connectivity index (χ0n) is 5.63. The summed E-state index contributed by atoms with van der Waals surface area (Å²) in [5.74, 6) is -1.25. The molecular formula is C4H8N2O2S2. The number of rotatable bonds is 2. The first kappa shape index (κ1) is 9.64. The Hall–Kier alpha value is -0.360. The van der Waals surface area contributed by atoms with Crippen LogP contribution in [0.2, 0.25) is 0 Å². The number of hydrogen-bond donors (Lipinski definition) is 2. The van der Waals surface area contributed by atoms with E-state index in [-0.39, 0.29) is 0 Å². The molecule has 0 radical (unpaired) electrons. The van der Waals surface area contributed by atoms with E-state index in [0.29, 0.717) is 0 Å². The molecule has 2 N–H and O–H groups in total. The highest BCUT2D eigenvalue weighted by atomic mass is 32.2. The van der Waals surface area contributed by atoms with E-state index in [9.17, 15) is 9.59 Å². The first-order chi connectivity index (χ1) is 4.72. The molecule has 0 aliphatic carbocycles. The van der Waals surface area contributed by atoms with Gasteiger partial charge in [0.25, 0.3) is 0 Å². The Labute approximate surface area is 67.8 Å². The van der Waals surface area contributed by atoms with Gasteiger partial charge in [-0.05, 0) is 0 Å². The fourth-order valence-electron chi connectivity index (χ4n) is 0.278. The largest absolute Gasteiger partial charge is 0.320 e. The number of carbonyl (C=O) groups excluding carboxylic acids is 2. The van der Waals surface area contributed by atoms with Gasteiger partial charge in [0.1, 0.15) is 0 Å². The number of hydrogen-bond acceptors (Lipinski definition) is 4. The molecule has 0 aromatic carbocycles. The van der Waals surface area contributed by atoms with Crippen LogP contribution in [-0.4, -0.2) is 24.3 Å². The van der Waals surface area contributed by atoms with Crippen LogP contribution in [0, 0.1) is 0 Å². The standard InChI is InChI=1S/C4H8N2O2S2/c1-9-5-3(7)4(8)6-10-2/h1-2H3,(H,5,7)(H,6,8). The van der Waals surface area contributed by atoms with Gasteiger partial charge in [-0.1, -0.05) is 23.9 Å². The fraction of sp³-hybridized carbons (Fsp3) is 0.500. The van der Waals surface area contributed by atoms with Crippen LogP contribution < -0.4 is 9.44 Å². The Morgan fingerprint density at radius 3 is 1.50 bits per heavy atom. The molecule has 0 spiro atoms. The summed E-state index contributed by atoms with van der Waals surface area (Å²) in [7, 11) is 0. The van der Waals surface area contributed by atoms with Gasteiger partial charge >= 0.3 is 11.8 Å². The monoisotopic (exact) mass is 180 g/mol. The lowest BCUT2D eigenvalue weighted by atomic mass is 10.6. The molecule has 6 heteroatoms. The average molecular weight is 180 g/mol. The van der Waals surface area contributed by atoms with Crippen molar-refractivity contribution in [2.45, 2.75) is 0 Å². The van der Waals surface area contributed by atoms with E-state index in [4.69, 9.17) is 0 Å². The van der Waals surface area contributed by atoms with Crippen molar-refractivity contribution in [1.29, 1.82) is 0 Å². The highest BCUT2D eigenvalue weighted by Crippen LogP contribution is 1.85. The molecule has 0 saturated carbocycles. The Kier molecular flexibility index (Phi) is 5.23. The third-order valence-corrected chi connectivity index (χ3v) is 1.37. The predicted octanol–water partition coefficient (Wildman–Crippen LogP) is -0.225. The van der Waals surface area contributed by atoms with Crippen LogP contribution in [0.15, 0.2) is 0 Å². The van der Waals surface area contributed by atoms with E-state index < -0.39 is 11.8 Å². The molecule has 0 aliphatic rings. The van der Waals surface area contributed by atoms with E-state index >= 15 is 0 Å². The summed E-state index contributed by atoms with van der Waals surface area (Å²) in [6.45, 7) is 0. The topological polar surface area (TPSA) is 58.2 Å². The second-order valence-electron chi connectivity index (χ2n) is 1.27. The van der Waals surface area contributed by atoms with E-state index in [1.165, 1.54) is 0 Å². The van der Waals surface area contributed by atoms with Crippen LogP contribution in [0.4, 0.5) is 0 Å². The van der Waals surface area contributed by atoms with Crippen molar-refractivity contribution < 1.29 is 9.59 Å². The van der Waals surface area contributed by atoms with E-state index in [0.717, 1.165) is 23.9 Å². The van der Waals surface area contributed by atoms with Crippen molar-refractivity contribution in [2.75, 3.05) is 12.5 Å². The summed E-state index contributed by atoms with van der Waals surface area (Å²) in [4.78, 5) is 21.2. The minimum absolute atomic E-state index is 0.623. The minimum atomic E-state index is -0.623. The fourth-order valence-corrected chi connectivity index (χ4v) is 0.834. The van der Waals surface area contributed by atoms with Crippen molar-refractivity contribution in [3.05, 3.63) is 0 Å². The minimum Gasteiger partial charge on any atom is -0.292 e. The zero-order valence-corrected chi connectivity index (χ0v) is 7.27. The van der Waals surface area contributed by atoms with Crippen LogP contribution in [0.3, 0.4) is 0 Å². The highest BCUT2D eigenvalue weighted by Gasteiger charge is 2.10. The molecule has 0 bridgehead atoms. The maximum Gasteiger partial charge on any atom is 0.320 e. The summed E-state index contributed by atoms with van der Waals surface area (Å²) < 4.78 is 4.56. The van der Waals surface area contributed by atoms with Crippen molar-refractivity contribution in [3.63, 3.8) is 0 Å². The molecule has 0 saturated heterocycles. The van der Waals surface area contributed by atoms with Gasteiger partial charge in [0.05, 0.1) is 0 Å². The van der Waals surface area contributed by atoms with Crippen LogP contribution >= 0.6 is 23.9 Å². The third kappa shape index (κ3) is 3.62. The molecule has 4 nitrogen and oxygen atoms in total. The first-order valence-corrected chi connectivity index (χ1v) is 4.83. The zero-order chi connectivity index (χ0) is 7.98. The smallest absolute Gasteiger partial charge is 0.292 e. The normalized spacial score (nSPS) is 8.60. The number of carbonyl (C=O) groups is 2. The third-order valence-electron chi connectivity index (χ3n) is 0.596. The lowest BCUT2D eigenvalue weighted by Crippen LogP contribution is -2.33. The second-order valence-corrected chi connectivity index (χ2v) is 2.50. The summed E-state index contributed by atoms with van der Waals surface area (Å²) in [5, 5.41) is 0. The van der Waals surface area contributed by atoms with Gasteiger partial charge in [0.15, 0.2) is 0 Å². The molecule has 2 amide bonds. The lowest BCUT2D eigenvalue weighted by Gasteiger charge is -1.98. The van der Waals surface area contributed by atoms with Crippen molar-refractivity contribution in [3.8, 4) is 0 Å². The molecule has 10 heavy (non-hydrogen) atoms. The van der Waals surface area contributed by atoms with E-state index in [2.05, 4.69) is 9.44 Å². The van der Waals surface area contributed by atoms with Gasteiger partial charge in [-0.15, -0.1) is 0 Å². The van der Waals surface area contributed by atoms with Crippen LogP contribution in [0.5, 0.6) is 0 Å². The Bertz CT molecular complexity index is 123. The lowest BCUT2D eigenvalue weighted by molar-refractivity contribution is -0.136. The van der Waals surface area contributed by atoms with Gasteiger partial charge in [-0.3, -0.25) is 19.0 Å². The quantitative estimate of drug-likeness (QED) is 0.455. The molecule has 0 heterocycles. The molecule has 0 aromatic heterocycles.